The number of hydrogen-bond acceptors (Lipinski definition) is 5. The molecule has 0 saturated carbocycles. The van der Waals surface area contributed by atoms with Crippen LogP contribution in [0.1, 0.15) is 42.9 Å². The van der Waals surface area contributed by atoms with Crippen molar-refractivity contribution in [3.63, 3.8) is 0 Å². The van der Waals surface area contributed by atoms with E-state index < -0.39 is 0 Å². The summed E-state index contributed by atoms with van der Waals surface area (Å²) in [6, 6.07) is 0.558. The van der Waals surface area contributed by atoms with Gasteiger partial charge in [-0.05, 0) is 33.1 Å². The Hall–Kier alpha value is -1.17. The van der Waals surface area contributed by atoms with Gasteiger partial charge in [-0.3, -0.25) is 4.79 Å². The van der Waals surface area contributed by atoms with E-state index >= 15 is 0 Å². The lowest BCUT2D eigenvalue weighted by Crippen LogP contribution is -2.47. The molecule has 0 aromatic carbocycles. The van der Waals surface area contributed by atoms with Crippen molar-refractivity contribution in [1.82, 2.24) is 15.1 Å². The van der Waals surface area contributed by atoms with Crippen LogP contribution in [0, 0.1) is 0 Å². The van der Waals surface area contributed by atoms with Crippen LogP contribution in [0.4, 0.5) is 5.13 Å². The SMILES string of the molecule is CC1CCCC(C)N1C(=O)c1nnc(N)s1. The van der Waals surface area contributed by atoms with Gasteiger partial charge in [0.2, 0.25) is 10.1 Å². The van der Waals surface area contributed by atoms with Crippen LogP contribution in [-0.4, -0.2) is 33.1 Å². The highest BCUT2D eigenvalue weighted by Crippen LogP contribution is 2.25. The molecule has 1 aromatic rings. The molecule has 1 amide bonds. The van der Waals surface area contributed by atoms with Gasteiger partial charge in [0.15, 0.2) is 0 Å². The van der Waals surface area contributed by atoms with Gasteiger partial charge in [0.1, 0.15) is 0 Å². The fourth-order valence-corrected chi connectivity index (χ4v) is 2.81. The van der Waals surface area contributed by atoms with Crippen molar-refractivity contribution in [1.29, 1.82) is 0 Å². The third kappa shape index (κ3) is 2.02. The molecule has 0 aliphatic carbocycles. The Labute approximate surface area is 98.7 Å². The number of nitrogens with zero attached hydrogens (tertiary/aromatic N) is 3. The van der Waals surface area contributed by atoms with E-state index in [-0.39, 0.29) is 18.0 Å². The van der Waals surface area contributed by atoms with Gasteiger partial charge in [-0.15, -0.1) is 10.2 Å². The summed E-state index contributed by atoms with van der Waals surface area (Å²) in [7, 11) is 0. The Morgan fingerprint density at radius 1 is 1.38 bits per heavy atom. The number of nitrogen functional groups attached to an aromatic ring is 1. The van der Waals surface area contributed by atoms with Gasteiger partial charge < -0.3 is 10.6 Å². The number of amides is 1. The maximum absolute atomic E-state index is 12.2. The summed E-state index contributed by atoms with van der Waals surface area (Å²) in [6.07, 6.45) is 3.30. The minimum Gasteiger partial charge on any atom is -0.374 e. The number of rotatable bonds is 1. The Morgan fingerprint density at radius 2 is 2.00 bits per heavy atom. The van der Waals surface area contributed by atoms with Gasteiger partial charge in [-0.25, -0.2) is 0 Å². The van der Waals surface area contributed by atoms with Crippen molar-refractivity contribution in [3.05, 3.63) is 5.01 Å². The summed E-state index contributed by atoms with van der Waals surface area (Å²) in [5, 5.41) is 8.24. The molecule has 0 radical (unpaired) electrons. The first-order valence-corrected chi connectivity index (χ1v) is 6.33. The van der Waals surface area contributed by atoms with Gasteiger partial charge in [-0.2, -0.15) is 0 Å². The first kappa shape index (κ1) is 11.3. The van der Waals surface area contributed by atoms with E-state index in [9.17, 15) is 4.79 Å². The van der Waals surface area contributed by atoms with Gasteiger partial charge in [0.05, 0.1) is 0 Å². The minimum atomic E-state index is -0.0334. The molecule has 1 aliphatic rings. The van der Waals surface area contributed by atoms with Crippen molar-refractivity contribution in [2.24, 2.45) is 0 Å². The number of likely N-dealkylation sites (tertiary alicyclic amines) is 1. The number of aromatic nitrogens is 2. The van der Waals surface area contributed by atoms with Gasteiger partial charge in [-0.1, -0.05) is 11.3 Å². The number of hydrogen-bond donors (Lipinski definition) is 1. The van der Waals surface area contributed by atoms with E-state index in [1.807, 2.05) is 4.90 Å². The summed E-state index contributed by atoms with van der Waals surface area (Å²) in [6.45, 7) is 4.16. The molecule has 1 aliphatic heterocycles. The summed E-state index contributed by atoms with van der Waals surface area (Å²) < 4.78 is 0. The zero-order valence-electron chi connectivity index (χ0n) is 9.51. The van der Waals surface area contributed by atoms with Gasteiger partial charge >= 0.3 is 0 Å². The maximum Gasteiger partial charge on any atom is 0.285 e. The predicted molar refractivity (Wildman–Crippen MR) is 63.3 cm³/mol. The lowest BCUT2D eigenvalue weighted by molar-refractivity contribution is 0.0509. The third-order valence-electron chi connectivity index (χ3n) is 3.05. The van der Waals surface area contributed by atoms with Crippen LogP contribution in [0.2, 0.25) is 0 Å². The van der Waals surface area contributed by atoms with Crippen molar-refractivity contribution >= 4 is 22.4 Å². The average molecular weight is 240 g/mol. The van der Waals surface area contributed by atoms with E-state index in [4.69, 9.17) is 5.73 Å². The largest absolute Gasteiger partial charge is 0.374 e. The Kier molecular flexibility index (Phi) is 3.09. The monoisotopic (exact) mass is 240 g/mol. The number of piperidine rings is 1. The van der Waals surface area contributed by atoms with Crippen LogP contribution < -0.4 is 5.73 Å². The lowest BCUT2D eigenvalue weighted by Gasteiger charge is -2.38. The molecule has 0 bridgehead atoms. The smallest absolute Gasteiger partial charge is 0.285 e. The molecule has 1 saturated heterocycles. The van der Waals surface area contributed by atoms with Crippen molar-refractivity contribution in [3.8, 4) is 0 Å². The fourth-order valence-electron chi connectivity index (χ4n) is 2.25. The van der Waals surface area contributed by atoms with Crippen LogP contribution in [0.15, 0.2) is 0 Å². The number of carbonyl (C=O) groups excluding carboxylic acids is 1. The quantitative estimate of drug-likeness (QED) is 0.808. The number of anilines is 1. The van der Waals surface area contributed by atoms with Crippen LogP contribution in [0.25, 0.3) is 0 Å². The zero-order valence-corrected chi connectivity index (χ0v) is 10.3. The normalized spacial score (nSPS) is 25.8. The minimum absolute atomic E-state index is 0.0334. The first-order chi connectivity index (χ1) is 7.59. The maximum atomic E-state index is 12.2. The molecule has 2 rings (SSSR count). The summed E-state index contributed by atoms with van der Waals surface area (Å²) in [5.41, 5.74) is 5.49. The zero-order chi connectivity index (χ0) is 11.7. The fraction of sp³-hybridized carbons (Fsp3) is 0.700. The first-order valence-electron chi connectivity index (χ1n) is 5.51. The van der Waals surface area contributed by atoms with E-state index in [2.05, 4.69) is 24.0 Å². The highest BCUT2D eigenvalue weighted by atomic mass is 32.1. The average Bonchev–Trinajstić information content (AvgIpc) is 2.64. The molecule has 2 unspecified atom stereocenters. The highest BCUT2D eigenvalue weighted by molar-refractivity contribution is 7.16. The molecular formula is C10H16N4OS. The summed E-state index contributed by atoms with van der Waals surface area (Å²) in [5.74, 6) is -0.0334. The molecule has 2 atom stereocenters. The second-order valence-corrected chi connectivity index (χ2v) is 5.30. The Bertz CT molecular complexity index is 382. The van der Waals surface area contributed by atoms with Crippen LogP contribution in [0.3, 0.4) is 0 Å². The molecule has 2 heterocycles. The molecule has 6 heteroatoms. The molecule has 1 aromatic heterocycles. The highest BCUT2D eigenvalue weighted by Gasteiger charge is 2.31. The Morgan fingerprint density at radius 3 is 2.50 bits per heavy atom. The number of carbonyl (C=O) groups is 1. The van der Waals surface area contributed by atoms with E-state index in [0.717, 1.165) is 24.2 Å². The number of nitrogens with two attached hydrogens (primary N) is 1. The molecule has 16 heavy (non-hydrogen) atoms. The molecule has 2 N–H and O–H groups in total. The molecule has 88 valence electrons. The van der Waals surface area contributed by atoms with Crippen molar-refractivity contribution < 1.29 is 4.79 Å². The second kappa shape index (κ2) is 4.37. The van der Waals surface area contributed by atoms with E-state index in [1.165, 1.54) is 6.42 Å². The topological polar surface area (TPSA) is 72.1 Å². The van der Waals surface area contributed by atoms with E-state index in [1.54, 1.807) is 0 Å². The van der Waals surface area contributed by atoms with Crippen LogP contribution in [0.5, 0.6) is 0 Å². The van der Waals surface area contributed by atoms with Gasteiger partial charge in [0.25, 0.3) is 5.91 Å². The molecule has 1 fully saturated rings. The Balaban J connectivity index is 2.19. The second-order valence-electron chi connectivity index (χ2n) is 4.29. The summed E-state index contributed by atoms with van der Waals surface area (Å²) in [4.78, 5) is 14.1. The third-order valence-corrected chi connectivity index (χ3v) is 3.79. The molecule has 0 spiro atoms. The van der Waals surface area contributed by atoms with E-state index in [0.29, 0.717) is 10.1 Å². The molecule has 5 nitrogen and oxygen atoms in total. The van der Waals surface area contributed by atoms with Crippen molar-refractivity contribution in [2.45, 2.75) is 45.2 Å². The predicted octanol–water partition coefficient (Wildman–Crippen LogP) is 1.52. The van der Waals surface area contributed by atoms with Crippen molar-refractivity contribution in [2.75, 3.05) is 5.73 Å². The van der Waals surface area contributed by atoms with Crippen LogP contribution in [-0.2, 0) is 0 Å². The van der Waals surface area contributed by atoms with Crippen LogP contribution >= 0.6 is 11.3 Å². The molecular weight excluding hydrogens is 224 g/mol. The standard InChI is InChI=1S/C10H16N4OS/c1-6-4-3-5-7(2)14(6)9(15)8-12-13-10(11)16-8/h6-7H,3-5H2,1-2H3,(H2,11,13). The lowest BCUT2D eigenvalue weighted by atomic mass is 9.97. The summed E-state index contributed by atoms with van der Waals surface area (Å²) >= 11 is 1.16. The van der Waals surface area contributed by atoms with Gasteiger partial charge in [0, 0.05) is 12.1 Å².